The number of ether oxygens (including phenoxy) is 2. The van der Waals surface area contributed by atoms with Gasteiger partial charge in [0.1, 0.15) is 11.5 Å². The Morgan fingerprint density at radius 3 is 2.50 bits per heavy atom. The Hall–Kier alpha value is -2.86. The normalized spacial score (nSPS) is 14.6. The molecule has 1 fully saturated rings. The monoisotopic (exact) mass is 421 g/mol. The zero-order chi connectivity index (χ0) is 20.8. The predicted octanol–water partition coefficient (Wildman–Crippen LogP) is 5.50. The van der Waals surface area contributed by atoms with Crippen LogP contribution in [0.3, 0.4) is 0 Å². The Morgan fingerprint density at radius 2 is 1.77 bits per heavy atom. The highest BCUT2D eigenvalue weighted by molar-refractivity contribution is 7.07. The first-order valence-electron chi connectivity index (χ1n) is 10.3. The van der Waals surface area contributed by atoms with Gasteiger partial charge in [0.05, 0.1) is 26.5 Å². The number of methoxy groups -OCH3 is 2. The molecule has 4 rings (SSSR count). The topological polar surface area (TPSA) is 48.1 Å². The first-order chi connectivity index (χ1) is 14.8. The third kappa shape index (κ3) is 4.65. The fourth-order valence-corrected chi connectivity index (χ4v) is 4.47. The van der Waals surface area contributed by atoms with Crippen molar-refractivity contribution in [3.63, 3.8) is 0 Å². The molecule has 5 nitrogen and oxygen atoms in total. The highest BCUT2D eigenvalue weighted by Gasteiger charge is 2.15. The largest absolute Gasteiger partial charge is 0.497 e. The first kappa shape index (κ1) is 20.4. The number of benzene rings is 2. The van der Waals surface area contributed by atoms with Crippen LogP contribution in [0, 0.1) is 0 Å². The molecule has 0 N–H and O–H groups in total. The Balaban J connectivity index is 1.80. The minimum atomic E-state index is 0.630. The van der Waals surface area contributed by atoms with Crippen LogP contribution >= 0.6 is 11.3 Å². The van der Waals surface area contributed by atoms with Gasteiger partial charge in [0, 0.05) is 22.7 Å². The van der Waals surface area contributed by atoms with Crippen LogP contribution in [0.25, 0.3) is 11.3 Å². The maximum atomic E-state index is 5.66. The maximum absolute atomic E-state index is 5.66. The van der Waals surface area contributed by atoms with E-state index in [1.54, 1.807) is 25.6 Å². The van der Waals surface area contributed by atoms with Gasteiger partial charge in [-0.1, -0.05) is 36.8 Å². The van der Waals surface area contributed by atoms with Crippen LogP contribution in [0.2, 0.25) is 0 Å². The van der Waals surface area contributed by atoms with Crippen molar-refractivity contribution < 1.29 is 9.47 Å². The van der Waals surface area contributed by atoms with Crippen molar-refractivity contribution in [3.8, 4) is 22.8 Å². The lowest BCUT2D eigenvalue weighted by atomic mass is 9.99. The average Bonchev–Trinajstić information content (AvgIpc) is 3.20. The van der Waals surface area contributed by atoms with E-state index in [0.717, 1.165) is 40.4 Å². The molecular weight excluding hydrogens is 394 g/mol. The molecule has 0 atom stereocenters. The second-order valence-corrected chi connectivity index (χ2v) is 8.15. The molecule has 1 aromatic heterocycles. The van der Waals surface area contributed by atoms with Crippen LogP contribution in [0.5, 0.6) is 11.5 Å². The molecule has 0 amide bonds. The summed E-state index contributed by atoms with van der Waals surface area (Å²) in [6.07, 6.45) is 5.82. The lowest BCUT2D eigenvalue weighted by Gasteiger charge is -2.14. The smallest absolute Gasteiger partial charge is 0.206 e. The molecule has 1 heterocycles. The van der Waals surface area contributed by atoms with Gasteiger partial charge in [0.2, 0.25) is 4.80 Å². The summed E-state index contributed by atoms with van der Waals surface area (Å²) < 4.78 is 13.0. The third-order valence-corrected chi connectivity index (χ3v) is 6.14. The van der Waals surface area contributed by atoms with E-state index in [2.05, 4.69) is 17.5 Å². The summed E-state index contributed by atoms with van der Waals surface area (Å²) in [5, 5.41) is 7.16. The summed E-state index contributed by atoms with van der Waals surface area (Å²) in [6, 6.07) is 16.2. The molecule has 3 aromatic rings. The highest BCUT2D eigenvalue weighted by atomic mass is 32.1. The molecule has 156 valence electrons. The quantitative estimate of drug-likeness (QED) is 0.527. The van der Waals surface area contributed by atoms with Crippen molar-refractivity contribution in [2.45, 2.75) is 38.6 Å². The Labute approximate surface area is 181 Å². The zero-order valence-electron chi connectivity index (χ0n) is 17.5. The molecule has 0 aliphatic heterocycles. The van der Waals surface area contributed by atoms with E-state index in [9.17, 15) is 0 Å². The van der Waals surface area contributed by atoms with Crippen LogP contribution in [-0.4, -0.2) is 24.6 Å². The molecular formula is C24H27N3O2S. The van der Waals surface area contributed by atoms with Crippen molar-refractivity contribution >= 4 is 17.0 Å². The van der Waals surface area contributed by atoms with Crippen molar-refractivity contribution in [2.75, 3.05) is 14.2 Å². The number of thiazole rings is 1. The molecule has 0 saturated heterocycles. The van der Waals surface area contributed by atoms with Crippen LogP contribution in [0.1, 0.15) is 37.7 Å². The van der Waals surface area contributed by atoms with Crippen LogP contribution < -0.4 is 14.3 Å². The van der Waals surface area contributed by atoms with Gasteiger partial charge in [-0.3, -0.25) is 4.99 Å². The highest BCUT2D eigenvalue weighted by Crippen LogP contribution is 2.33. The van der Waals surface area contributed by atoms with E-state index in [4.69, 9.17) is 19.6 Å². The van der Waals surface area contributed by atoms with Gasteiger partial charge in [-0.05, 0) is 43.4 Å². The Morgan fingerprint density at radius 1 is 0.967 bits per heavy atom. The van der Waals surface area contributed by atoms with Gasteiger partial charge in [-0.15, -0.1) is 11.3 Å². The standard InChI is InChI=1S/C24H27N3O2S/c1-28-20-13-14-21(23(15-20)29-2)22-17-30-24(25-16-18-9-5-3-6-10-18)27(22)26-19-11-7-4-8-12-19/h3,5-6,9-10,13-15,17H,4,7-8,11-12,16H2,1-2H3. The van der Waals surface area contributed by atoms with E-state index >= 15 is 0 Å². The number of nitrogens with zero attached hydrogens (tertiary/aromatic N) is 3. The van der Waals surface area contributed by atoms with Gasteiger partial charge < -0.3 is 9.47 Å². The molecule has 0 spiro atoms. The summed E-state index contributed by atoms with van der Waals surface area (Å²) in [6.45, 7) is 0.630. The number of hydrogen-bond acceptors (Lipinski definition) is 5. The van der Waals surface area contributed by atoms with Gasteiger partial charge in [-0.25, -0.2) is 4.68 Å². The Bertz CT molecular complexity index is 1080. The third-order valence-electron chi connectivity index (χ3n) is 5.28. The summed E-state index contributed by atoms with van der Waals surface area (Å²) in [4.78, 5) is 5.78. The molecule has 30 heavy (non-hydrogen) atoms. The molecule has 2 aromatic carbocycles. The first-order valence-corrected chi connectivity index (χ1v) is 11.2. The minimum absolute atomic E-state index is 0.630. The predicted molar refractivity (Wildman–Crippen MR) is 122 cm³/mol. The van der Waals surface area contributed by atoms with E-state index < -0.39 is 0 Å². The van der Waals surface area contributed by atoms with Gasteiger partial charge in [0.25, 0.3) is 0 Å². The minimum Gasteiger partial charge on any atom is -0.497 e. The van der Waals surface area contributed by atoms with Gasteiger partial charge in [0.15, 0.2) is 0 Å². The fraction of sp³-hybridized carbons (Fsp3) is 0.333. The lowest BCUT2D eigenvalue weighted by molar-refractivity contribution is 0.395. The van der Waals surface area contributed by atoms with Crippen molar-refractivity contribution in [2.24, 2.45) is 10.1 Å². The van der Waals surface area contributed by atoms with Gasteiger partial charge in [-0.2, -0.15) is 5.10 Å². The van der Waals surface area contributed by atoms with Gasteiger partial charge >= 0.3 is 0 Å². The second-order valence-electron chi connectivity index (χ2n) is 7.31. The molecule has 6 heteroatoms. The van der Waals surface area contributed by atoms with Crippen LogP contribution in [0.4, 0.5) is 0 Å². The van der Waals surface area contributed by atoms with E-state index in [1.807, 2.05) is 41.1 Å². The van der Waals surface area contributed by atoms with E-state index in [-0.39, 0.29) is 0 Å². The maximum Gasteiger partial charge on any atom is 0.206 e. The summed E-state index contributed by atoms with van der Waals surface area (Å²) >= 11 is 1.61. The number of hydrogen-bond donors (Lipinski definition) is 0. The molecule has 0 radical (unpaired) electrons. The summed E-state index contributed by atoms with van der Waals surface area (Å²) in [5.41, 5.74) is 4.40. The molecule has 1 saturated carbocycles. The van der Waals surface area contributed by atoms with Crippen LogP contribution in [-0.2, 0) is 6.54 Å². The molecule has 1 aliphatic rings. The van der Waals surface area contributed by atoms with E-state index in [1.165, 1.54) is 30.5 Å². The lowest BCUT2D eigenvalue weighted by Crippen LogP contribution is -2.16. The molecule has 0 bridgehead atoms. The number of aromatic nitrogens is 1. The SMILES string of the molecule is COc1ccc(-c2csc(=NCc3ccccc3)n2N=C2CCCCC2)c(OC)c1. The second kappa shape index (κ2) is 9.76. The fourth-order valence-electron chi connectivity index (χ4n) is 3.64. The summed E-state index contributed by atoms with van der Waals surface area (Å²) in [5.74, 6) is 1.53. The van der Waals surface area contributed by atoms with Crippen molar-refractivity contribution in [1.29, 1.82) is 0 Å². The zero-order valence-corrected chi connectivity index (χ0v) is 18.3. The van der Waals surface area contributed by atoms with Crippen molar-refractivity contribution in [3.05, 3.63) is 64.3 Å². The molecule has 0 unspecified atom stereocenters. The molecule has 1 aliphatic carbocycles. The van der Waals surface area contributed by atoms with E-state index in [0.29, 0.717) is 6.54 Å². The van der Waals surface area contributed by atoms with Crippen LogP contribution in [0.15, 0.2) is 64.0 Å². The Kier molecular flexibility index (Phi) is 6.64. The summed E-state index contributed by atoms with van der Waals surface area (Å²) in [7, 11) is 3.34. The number of rotatable bonds is 6. The average molecular weight is 422 g/mol. The van der Waals surface area contributed by atoms with Crippen molar-refractivity contribution in [1.82, 2.24) is 4.68 Å².